The summed E-state index contributed by atoms with van der Waals surface area (Å²) >= 11 is 0. The Kier molecular flexibility index (Phi) is 6.10. The SMILES string of the molecule is CCCCC(N=C=O)(N=C=O)OS(=O)(=O)Cl. The van der Waals surface area contributed by atoms with Crippen LogP contribution in [0.2, 0.25) is 0 Å². The van der Waals surface area contributed by atoms with Gasteiger partial charge < -0.3 is 0 Å². The van der Waals surface area contributed by atoms with Gasteiger partial charge in [0.1, 0.15) is 0 Å². The Bertz CT molecular complexity index is 404. The zero-order chi connectivity index (χ0) is 12.7. The Hall–Kier alpha value is -1.04. The van der Waals surface area contributed by atoms with Gasteiger partial charge in [-0.2, -0.15) is 8.42 Å². The van der Waals surface area contributed by atoms with Crippen LogP contribution < -0.4 is 0 Å². The number of unbranched alkanes of at least 4 members (excludes halogenated alkanes) is 1. The quantitative estimate of drug-likeness (QED) is 0.389. The number of halogens is 1. The summed E-state index contributed by atoms with van der Waals surface area (Å²) in [5, 5.41) is 0. The summed E-state index contributed by atoms with van der Waals surface area (Å²) in [5.74, 6) is -2.18. The standard InChI is InChI=1S/C7H9ClN2O5S/c1-2-3-4-7(9-5-11,10-6-12)15-16(8,13)14/h2-4H2,1H3. The van der Waals surface area contributed by atoms with Crippen molar-refractivity contribution in [1.29, 1.82) is 0 Å². The van der Waals surface area contributed by atoms with Crippen LogP contribution in [0.25, 0.3) is 0 Å². The summed E-state index contributed by atoms with van der Waals surface area (Å²) in [6.07, 6.45) is 3.13. The molecule has 0 spiro atoms. The summed E-state index contributed by atoms with van der Waals surface area (Å²) < 4.78 is 25.7. The van der Waals surface area contributed by atoms with Gasteiger partial charge >= 0.3 is 9.33 Å². The molecule has 0 bridgehead atoms. The van der Waals surface area contributed by atoms with E-state index in [2.05, 4.69) is 14.2 Å². The Morgan fingerprint density at radius 2 is 1.81 bits per heavy atom. The molecule has 0 heterocycles. The number of hydrogen-bond acceptors (Lipinski definition) is 7. The third kappa shape index (κ3) is 5.75. The summed E-state index contributed by atoms with van der Waals surface area (Å²) in [5.41, 5.74) is 0. The third-order valence-corrected chi connectivity index (χ3v) is 2.18. The molecule has 0 saturated heterocycles. The monoisotopic (exact) mass is 268 g/mol. The Morgan fingerprint density at radius 3 is 2.12 bits per heavy atom. The number of hydrogen-bond donors (Lipinski definition) is 0. The Morgan fingerprint density at radius 1 is 1.31 bits per heavy atom. The number of nitrogens with zero attached hydrogens (tertiary/aromatic N) is 2. The van der Waals surface area contributed by atoms with Gasteiger partial charge in [0.05, 0.1) is 0 Å². The lowest BCUT2D eigenvalue weighted by Gasteiger charge is -2.19. The lowest BCUT2D eigenvalue weighted by atomic mass is 10.2. The van der Waals surface area contributed by atoms with Crippen molar-refractivity contribution in [3.05, 3.63) is 0 Å². The molecule has 16 heavy (non-hydrogen) atoms. The van der Waals surface area contributed by atoms with Gasteiger partial charge in [-0.25, -0.2) is 13.8 Å². The van der Waals surface area contributed by atoms with Gasteiger partial charge in [0, 0.05) is 17.1 Å². The molecule has 0 aromatic rings. The van der Waals surface area contributed by atoms with E-state index >= 15 is 0 Å². The maximum atomic E-state index is 10.7. The second-order valence-corrected chi connectivity index (χ2v) is 4.82. The number of rotatable bonds is 7. The fourth-order valence-electron chi connectivity index (χ4n) is 0.925. The van der Waals surface area contributed by atoms with Crippen LogP contribution in [0, 0.1) is 0 Å². The summed E-state index contributed by atoms with van der Waals surface area (Å²) in [6, 6.07) is 0. The average Bonchev–Trinajstić information content (AvgIpc) is 2.13. The van der Waals surface area contributed by atoms with E-state index < -0.39 is 15.2 Å². The van der Waals surface area contributed by atoms with Crippen molar-refractivity contribution in [3.63, 3.8) is 0 Å². The van der Waals surface area contributed by atoms with Crippen LogP contribution in [0.3, 0.4) is 0 Å². The third-order valence-electron chi connectivity index (χ3n) is 1.53. The van der Waals surface area contributed by atoms with Gasteiger partial charge in [0.2, 0.25) is 12.2 Å². The molecule has 0 N–H and O–H groups in total. The molecular weight excluding hydrogens is 260 g/mol. The van der Waals surface area contributed by atoms with E-state index in [0.29, 0.717) is 12.8 Å². The van der Waals surface area contributed by atoms with Crippen molar-refractivity contribution in [2.45, 2.75) is 32.0 Å². The predicted molar refractivity (Wildman–Crippen MR) is 54.4 cm³/mol. The first-order chi connectivity index (χ1) is 7.39. The zero-order valence-corrected chi connectivity index (χ0v) is 9.92. The second kappa shape index (κ2) is 6.52. The summed E-state index contributed by atoms with van der Waals surface area (Å²) in [7, 11) is 0.409. The van der Waals surface area contributed by atoms with Crippen LogP contribution in [0.5, 0.6) is 0 Å². The molecule has 0 aliphatic rings. The van der Waals surface area contributed by atoms with Crippen LogP contribution in [-0.4, -0.2) is 26.4 Å². The first-order valence-corrected chi connectivity index (χ1v) is 6.46. The van der Waals surface area contributed by atoms with E-state index in [1.54, 1.807) is 6.92 Å². The minimum atomic E-state index is -4.43. The van der Waals surface area contributed by atoms with Gasteiger partial charge in [-0.05, 0) is 6.42 Å². The number of carbonyl (C=O) groups excluding carboxylic acids is 2. The lowest BCUT2D eigenvalue weighted by molar-refractivity contribution is 0.0879. The molecule has 0 aromatic heterocycles. The molecule has 9 heteroatoms. The van der Waals surface area contributed by atoms with Crippen molar-refractivity contribution in [2.24, 2.45) is 9.98 Å². The maximum Gasteiger partial charge on any atom is 0.359 e. The van der Waals surface area contributed by atoms with Crippen LogP contribution in [0.15, 0.2) is 9.98 Å². The van der Waals surface area contributed by atoms with Crippen molar-refractivity contribution >= 4 is 32.2 Å². The van der Waals surface area contributed by atoms with E-state index in [9.17, 15) is 18.0 Å². The summed E-state index contributed by atoms with van der Waals surface area (Å²) in [4.78, 5) is 26.4. The van der Waals surface area contributed by atoms with Gasteiger partial charge in [-0.1, -0.05) is 13.3 Å². The average molecular weight is 269 g/mol. The molecule has 90 valence electrons. The highest BCUT2D eigenvalue weighted by atomic mass is 35.7. The first-order valence-electron chi connectivity index (χ1n) is 4.22. The van der Waals surface area contributed by atoms with E-state index in [-0.39, 0.29) is 6.42 Å². The van der Waals surface area contributed by atoms with Crippen molar-refractivity contribution in [1.82, 2.24) is 0 Å². The van der Waals surface area contributed by atoms with E-state index in [4.69, 9.17) is 10.7 Å². The zero-order valence-electron chi connectivity index (χ0n) is 8.34. The molecule has 0 aliphatic carbocycles. The minimum Gasteiger partial charge on any atom is -0.211 e. The normalized spacial score (nSPS) is 14.4. The molecule has 0 aliphatic heterocycles. The topological polar surface area (TPSA) is 102 Å². The Balaban J connectivity index is 5.24. The number of aliphatic imine (C=N–C) groups is 2. The highest BCUT2D eigenvalue weighted by molar-refractivity contribution is 8.10. The van der Waals surface area contributed by atoms with Crippen molar-refractivity contribution in [2.75, 3.05) is 0 Å². The number of isocyanates is 2. The largest absolute Gasteiger partial charge is 0.359 e. The molecule has 0 rings (SSSR count). The molecule has 0 unspecified atom stereocenters. The van der Waals surface area contributed by atoms with Crippen LogP contribution in [0.1, 0.15) is 26.2 Å². The lowest BCUT2D eigenvalue weighted by Crippen LogP contribution is -2.29. The predicted octanol–water partition coefficient (Wildman–Crippen LogP) is 1.00. The fraction of sp³-hybridized carbons (Fsp3) is 0.714. The van der Waals surface area contributed by atoms with Gasteiger partial charge in [-0.15, -0.1) is 9.98 Å². The highest BCUT2D eigenvalue weighted by Crippen LogP contribution is 2.25. The summed E-state index contributed by atoms with van der Waals surface area (Å²) in [6.45, 7) is 1.80. The minimum absolute atomic E-state index is 0.0973. The first kappa shape index (κ1) is 15.0. The Labute approximate surface area is 96.8 Å². The van der Waals surface area contributed by atoms with Gasteiger partial charge in [0.25, 0.3) is 5.85 Å². The molecule has 0 aromatic carbocycles. The molecule has 7 nitrogen and oxygen atoms in total. The second-order valence-electron chi connectivity index (χ2n) is 2.73. The van der Waals surface area contributed by atoms with Gasteiger partial charge in [-0.3, -0.25) is 0 Å². The van der Waals surface area contributed by atoms with Gasteiger partial charge in [0.15, 0.2) is 0 Å². The maximum absolute atomic E-state index is 10.7. The smallest absolute Gasteiger partial charge is 0.211 e. The van der Waals surface area contributed by atoms with Crippen molar-refractivity contribution < 1.29 is 22.2 Å². The fourth-order valence-corrected chi connectivity index (χ4v) is 1.70. The molecule has 0 saturated carbocycles. The molecule has 0 radical (unpaired) electrons. The molecule has 0 atom stereocenters. The molecule has 0 fully saturated rings. The molecular formula is C7H9ClN2O5S. The van der Waals surface area contributed by atoms with E-state index in [1.165, 1.54) is 0 Å². The van der Waals surface area contributed by atoms with Crippen LogP contribution >= 0.6 is 10.7 Å². The van der Waals surface area contributed by atoms with E-state index in [0.717, 1.165) is 12.2 Å². The van der Waals surface area contributed by atoms with Crippen molar-refractivity contribution in [3.8, 4) is 0 Å². The van der Waals surface area contributed by atoms with E-state index in [1.807, 2.05) is 0 Å². The van der Waals surface area contributed by atoms with Crippen LogP contribution in [-0.2, 0) is 23.1 Å². The van der Waals surface area contributed by atoms with Crippen LogP contribution in [0.4, 0.5) is 0 Å². The highest BCUT2D eigenvalue weighted by Gasteiger charge is 2.35. The molecule has 0 amide bonds.